The van der Waals surface area contributed by atoms with Gasteiger partial charge in [-0.3, -0.25) is 9.78 Å². The number of pyridine rings is 1. The lowest BCUT2D eigenvalue weighted by atomic mass is 10.2. The Labute approximate surface area is 179 Å². The molecule has 0 spiro atoms. The fourth-order valence-corrected chi connectivity index (χ4v) is 2.66. The Morgan fingerprint density at radius 3 is 2.75 bits per heavy atom. The molecule has 32 heavy (non-hydrogen) atoms. The van der Waals surface area contributed by atoms with Gasteiger partial charge in [0.2, 0.25) is 11.9 Å². The summed E-state index contributed by atoms with van der Waals surface area (Å²) in [5, 5.41) is 8.39. The van der Waals surface area contributed by atoms with Crippen molar-refractivity contribution in [3.05, 3.63) is 48.3 Å². The highest BCUT2D eigenvalue weighted by Crippen LogP contribution is 2.31. The Bertz CT molecular complexity index is 1110. The Kier molecular flexibility index (Phi) is 5.87. The average Bonchev–Trinajstić information content (AvgIpc) is 2.76. The number of amides is 1. The number of benzene rings is 1. The summed E-state index contributed by atoms with van der Waals surface area (Å²) in [7, 11) is 0. The maximum Gasteiger partial charge on any atom is 0.422 e. The number of carbonyl (C=O) groups is 1. The normalized spacial score (nSPS) is 12.9. The molecule has 1 aliphatic rings. The second-order valence-electron chi connectivity index (χ2n) is 6.52. The highest BCUT2D eigenvalue weighted by molar-refractivity contribution is 5.96. The number of ether oxygens (including phenoxy) is 2. The Morgan fingerprint density at radius 1 is 1.12 bits per heavy atom. The van der Waals surface area contributed by atoms with E-state index in [1.54, 1.807) is 42.6 Å². The van der Waals surface area contributed by atoms with Gasteiger partial charge in [-0.2, -0.15) is 28.1 Å². The first-order valence-corrected chi connectivity index (χ1v) is 9.27. The fourth-order valence-electron chi connectivity index (χ4n) is 2.66. The first-order chi connectivity index (χ1) is 15.3. The van der Waals surface area contributed by atoms with Gasteiger partial charge in [-0.05, 0) is 30.3 Å². The Balaban J connectivity index is 1.55. The lowest BCUT2D eigenvalue weighted by Crippen LogP contribution is -2.25. The maximum absolute atomic E-state index is 12.6. The number of alkyl halides is 3. The Hall–Kier alpha value is -4.16. The van der Waals surface area contributed by atoms with Gasteiger partial charge in [0.15, 0.2) is 13.2 Å². The van der Waals surface area contributed by atoms with Crippen LogP contribution in [0.5, 0.6) is 11.8 Å². The van der Waals surface area contributed by atoms with Crippen LogP contribution in [0.3, 0.4) is 0 Å². The predicted octanol–water partition coefficient (Wildman–Crippen LogP) is 2.89. The SMILES string of the molecule is O=C1COc2ccc(Nc3nc(NCc4ccccn4)nc(OCC(F)(F)F)n3)cc2N1. The number of rotatable bonds is 7. The van der Waals surface area contributed by atoms with Crippen molar-refractivity contribution in [3.8, 4) is 11.8 Å². The van der Waals surface area contributed by atoms with Crippen LogP contribution >= 0.6 is 0 Å². The molecule has 4 rings (SSSR count). The molecular weight excluding hydrogens is 431 g/mol. The highest BCUT2D eigenvalue weighted by atomic mass is 19.4. The van der Waals surface area contributed by atoms with Crippen LogP contribution in [0.2, 0.25) is 0 Å². The zero-order valence-corrected chi connectivity index (χ0v) is 16.3. The van der Waals surface area contributed by atoms with E-state index in [9.17, 15) is 18.0 Å². The predicted molar refractivity (Wildman–Crippen MR) is 107 cm³/mol. The summed E-state index contributed by atoms with van der Waals surface area (Å²) in [6.45, 7) is -1.41. The van der Waals surface area contributed by atoms with Crippen molar-refractivity contribution in [2.45, 2.75) is 12.7 Å². The number of nitrogens with zero attached hydrogens (tertiary/aromatic N) is 4. The second kappa shape index (κ2) is 8.91. The van der Waals surface area contributed by atoms with Crippen molar-refractivity contribution in [2.75, 3.05) is 29.2 Å². The van der Waals surface area contributed by atoms with Crippen molar-refractivity contribution in [3.63, 3.8) is 0 Å². The first kappa shape index (κ1) is 21.1. The van der Waals surface area contributed by atoms with Crippen LogP contribution in [0.15, 0.2) is 42.6 Å². The van der Waals surface area contributed by atoms with E-state index >= 15 is 0 Å². The van der Waals surface area contributed by atoms with Gasteiger partial charge in [0.05, 0.1) is 17.9 Å². The van der Waals surface area contributed by atoms with Gasteiger partial charge in [-0.25, -0.2) is 0 Å². The zero-order valence-electron chi connectivity index (χ0n) is 16.3. The van der Waals surface area contributed by atoms with Crippen LogP contribution in [-0.4, -0.2) is 45.2 Å². The molecule has 166 valence electrons. The number of nitrogens with one attached hydrogen (secondary N) is 3. The molecule has 0 fully saturated rings. The number of hydrogen-bond acceptors (Lipinski definition) is 9. The van der Waals surface area contributed by atoms with Crippen molar-refractivity contribution in [1.29, 1.82) is 0 Å². The molecule has 0 saturated heterocycles. The lowest BCUT2D eigenvalue weighted by Gasteiger charge is -2.18. The number of fused-ring (bicyclic) bond motifs is 1. The van der Waals surface area contributed by atoms with Crippen LogP contribution in [0.4, 0.5) is 36.4 Å². The van der Waals surface area contributed by atoms with Crippen LogP contribution in [0.25, 0.3) is 0 Å². The molecule has 10 nitrogen and oxygen atoms in total. The van der Waals surface area contributed by atoms with Gasteiger partial charge in [-0.1, -0.05) is 6.07 Å². The third-order valence-corrected chi connectivity index (χ3v) is 4.00. The molecule has 0 aliphatic carbocycles. The van der Waals surface area contributed by atoms with Crippen LogP contribution in [-0.2, 0) is 11.3 Å². The largest absolute Gasteiger partial charge is 0.482 e. The number of hydrogen-bond donors (Lipinski definition) is 3. The van der Waals surface area contributed by atoms with E-state index in [1.807, 2.05) is 0 Å². The fraction of sp³-hybridized carbons (Fsp3) is 0.211. The highest BCUT2D eigenvalue weighted by Gasteiger charge is 2.29. The third kappa shape index (κ3) is 5.71. The van der Waals surface area contributed by atoms with Crippen LogP contribution in [0.1, 0.15) is 5.69 Å². The molecule has 1 aromatic carbocycles. The van der Waals surface area contributed by atoms with Gasteiger partial charge in [-0.15, -0.1) is 0 Å². The van der Waals surface area contributed by atoms with E-state index in [-0.39, 0.29) is 31.0 Å². The van der Waals surface area contributed by atoms with E-state index in [2.05, 4.69) is 40.6 Å². The molecule has 1 amide bonds. The van der Waals surface area contributed by atoms with Gasteiger partial charge < -0.3 is 25.4 Å². The van der Waals surface area contributed by atoms with E-state index < -0.39 is 18.8 Å². The van der Waals surface area contributed by atoms with Gasteiger partial charge >= 0.3 is 12.2 Å². The van der Waals surface area contributed by atoms with E-state index in [0.717, 1.165) is 0 Å². The quantitative estimate of drug-likeness (QED) is 0.502. The molecule has 0 radical (unpaired) electrons. The van der Waals surface area contributed by atoms with E-state index in [0.29, 0.717) is 22.8 Å². The minimum atomic E-state index is -4.56. The number of carbonyl (C=O) groups excluding carboxylic acids is 1. The topological polar surface area (TPSA) is 123 Å². The number of anilines is 4. The van der Waals surface area contributed by atoms with Crippen molar-refractivity contribution >= 4 is 29.2 Å². The minimum Gasteiger partial charge on any atom is -0.482 e. The van der Waals surface area contributed by atoms with E-state index in [1.165, 1.54) is 0 Å². The summed E-state index contributed by atoms with van der Waals surface area (Å²) >= 11 is 0. The monoisotopic (exact) mass is 447 g/mol. The molecule has 0 saturated carbocycles. The van der Waals surface area contributed by atoms with Crippen molar-refractivity contribution < 1.29 is 27.4 Å². The molecule has 3 heterocycles. The number of aromatic nitrogens is 4. The minimum absolute atomic E-state index is 0.0140. The van der Waals surface area contributed by atoms with Gasteiger partial charge in [0, 0.05) is 11.9 Å². The molecule has 0 atom stereocenters. The average molecular weight is 447 g/mol. The molecule has 0 unspecified atom stereocenters. The van der Waals surface area contributed by atoms with Crippen LogP contribution < -0.4 is 25.4 Å². The molecule has 1 aliphatic heterocycles. The van der Waals surface area contributed by atoms with Gasteiger partial charge in [0.25, 0.3) is 5.91 Å². The summed E-state index contributed by atoms with van der Waals surface area (Å²) in [5.41, 5.74) is 1.56. The van der Waals surface area contributed by atoms with Crippen molar-refractivity contribution in [2.24, 2.45) is 0 Å². The summed E-state index contributed by atoms with van der Waals surface area (Å²) in [4.78, 5) is 27.6. The number of halogens is 3. The Morgan fingerprint density at radius 2 is 1.97 bits per heavy atom. The third-order valence-electron chi connectivity index (χ3n) is 4.00. The molecular formula is C19H16F3N7O3. The second-order valence-corrected chi connectivity index (χ2v) is 6.52. The summed E-state index contributed by atoms with van der Waals surface area (Å²) in [5.74, 6) is 0.0972. The van der Waals surface area contributed by atoms with Crippen LogP contribution in [0, 0.1) is 0 Å². The molecule has 13 heteroatoms. The first-order valence-electron chi connectivity index (χ1n) is 9.27. The summed E-state index contributed by atoms with van der Waals surface area (Å²) < 4.78 is 47.7. The summed E-state index contributed by atoms with van der Waals surface area (Å²) in [6, 6.07) is 9.63. The van der Waals surface area contributed by atoms with E-state index in [4.69, 9.17) is 4.74 Å². The zero-order chi connectivity index (χ0) is 22.6. The molecule has 3 N–H and O–H groups in total. The van der Waals surface area contributed by atoms with Gasteiger partial charge in [0.1, 0.15) is 5.75 Å². The molecule has 0 bridgehead atoms. The summed E-state index contributed by atoms with van der Waals surface area (Å²) in [6.07, 6.45) is -2.95. The smallest absolute Gasteiger partial charge is 0.422 e. The lowest BCUT2D eigenvalue weighted by molar-refractivity contribution is -0.154. The maximum atomic E-state index is 12.6. The molecule has 3 aromatic rings. The standard InChI is InChI=1S/C19H16F3N7O3/c20-19(21,22)10-32-18-28-16(24-8-12-3-1-2-6-23-12)27-17(29-18)25-11-4-5-14-13(7-11)26-15(30)9-31-14/h1-7H,8-10H2,(H,26,30)(H2,24,25,27,28,29). The van der Waals surface area contributed by atoms with Crippen molar-refractivity contribution in [1.82, 2.24) is 19.9 Å². The molecule has 2 aromatic heterocycles.